The van der Waals surface area contributed by atoms with E-state index in [1.165, 1.54) is 6.07 Å². The molecule has 5 rings (SSSR count). The zero-order valence-electron chi connectivity index (χ0n) is 18.2. The number of ketones is 1. The third-order valence-electron chi connectivity index (χ3n) is 6.17. The predicted molar refractivity (Wildman–Crippen MR) is 121 cm³/mol. The second-order valence-corrected chi connectivity index (χ2v) is 8.25. The molecule has 1 aliphatic carbocycles. The number of ether oxygens (including phenoxy) is 2. The number of benzene rings is 2. The van der Waals surface area contributed by atoms with Gasteiger partial charge >= 0.3 is 0 Å². The summed E-state index contributed by atoms with van der Waals surface area (Å²) < 4.78 is 30.8. The molecule has 6 nitrogen and oxygen atoms in total. The van der Waals surface area contributed by atoms with Gasteiger partial charge in [0.2, 0.25) is 5.88 Å². The largest absolute Gasteiger partial charge is 0.489 e. The lowest BCUT2D eigenvalue weighted by atomic mass is 9.74. The topological polar surface area (TPSA) is 98.5 Å². The normalized spacial score (nSPS) is 19.9. The summed E-state index contributed by atoms with van der Waals surface area (Å²) in [5.41, 5.74) is 7.92. The Bertz CT molecular complexity index is 1330. The Kier molecular flexibility index (Phi) is 5.64. The molecule has 1 aliphatic heterocycles. The first-order valence-corrected chi connectivity index (χ1v) is 10.9. The van der Waals surface area contributed by atoms with Crippen LogP contribution in [0.25, 0.3) is 0 Å². The third kappa shape index (κ3) is 3.95. The van der Waals surface area contributed by atoms with E-state index < -0.39 is 5.92 Å². The number of Topliss-reactive ketones (excluding diaryl/α,β-unsaturated/α-hetero) is 1. The highest BCUT2D eigenvalue weighted by molar-refractivity contribution is 6.00. The summed E-state index contributed by atoms with van der Waals surface area (Å²) in [7, 11) is 0. The average molecular weight is 456 g/mol. The number of halogens is 1. The van der Waals surface area contributed by atoms with Crippen LogP contribution in [-0.4, -0.2) is 5.78 Å². The van der Waals surface area contributed by atoms with Gasteiger partial charge in [0.15, 0.2) is 5.78 Å². The van der Waals surface area contributed by atoms with Gasteiger partial charge in [-0.05, 0) is 35.9 Å². The van der Waals surface area contributed by atoms with Gasteiger partial charge in [0.05, 0.1) is 12.2 Å². The maximum absolute atomic E-state index is 13.8. The van der Waals surface area contributed by atoms with Gasteiger partial charge in [-0.2, -0.15) is 5.26 Å². The molecule has 170 valence electrons. The SMILES string of the molecule is N#CC1=C(N)OC2=C(C(=O)C[C@@H](c3ccco3)C2)[C@H]1c1ccc(OCc2ccccc2F)cc1. The van der Waals surface area contributed by atoms with Crippen LogP contribution in [0.3, 0.4) is 0 Å². The van der Waals surface area contributed by atoms with Gasteiger partial charge in [-0.15, -0.1) is 0 Å². The van der Waals surface area contributed by atoms with Gasteiger partial charge in [0.1, 0.15) is 41.3 Å². The highest BCUT2D eigenvalue weighted by Gasteiger charge is 2.41. The Labute approximate surface area is 195 Å². The molecule has 0 saturated heterocycles. The van der Waals surface area contributed by atoms with Crippen LogP contribution in [0.4, 0.5) is 4.39 Å². The van der Waals surface area contributed by atoms with E-state index in [2.05, 4.69) is 6.07 Å². The van der Waals surface area contributed by atoms with Gasteiger partial charge < -0.3 is 19.6 Å². The average Bonchev–Trinajstić information content (AvgIpc) is 3.38. The van der Waals surface area contributed by atoms with Crippen molar-refractivity contribution in [1.29, 1.82) is 5.26 Å². The van der Waals surface area contributed by atoms with Crippen LogP contribution in [-0.2, 0) is 16.1 Å². The number of furan rings is 1. The van der Waals surface area contributed by atoms with Crippen molar-refractivity contribution in [3.8, 4) is 11.8 Å². The second kappa shape index (κ2) is 8.91. The summed E-state index contributed by atoms with van der Waals surface area (Å²) in [6.45, 7) is 0.0849. The zero-order valence-corrected chi connectivity index (χ0v) is 18.2. The molecule has 2 atom stereocenters. The minimum atomic E-state index is -0.626. The summed E-state index contributed by atoms with van der Waals surface area (Å²) in [6, 6.07) is 19.2. The highest BCUT2D eigenvalue weighted by Crippen LogP contribution is 2.46. The van der Waals surface area contributed by atoms with Crippen LogP contribution in [0.1, 0.15) is 41.6 Å². The molecule has 2 aliphatic rings. The summed E-state index contributed by atoms with van der Waals surface area (Å²) >= 11 is 0. The number of nitriles is 1. The van der Waals surface area contributed by atoms with E-state index in [0.29, 0.717) is 34.8 Å². The van der Waals surface area contributed by atoms with Gasteiger partial charge in [0, 0.05) is 29.9 Å². The molecule has 3 aromatic rings. The van der Waals surface area contributed by atoms with E-state index in [1.807, 2.05) is 6.07 Å². The minimum Gasteiger partial charge on any atom is -0.489 e. The number of rotatable bonds is 5. The van der Waals surface area contributed by atoms with Crippen molar-refractivity contribution in [2.24, 2.45) is 5.73 Å². The highest BCUT2D eigenvalue weighted by atomic mass is 19.1. The van der Waals surface area contributed by atoms with Crippen LogP contribution < -0.4 is 10.5 Å². The summed E-state index contributed by atoms with van der Waals surface area (Å²) in [5, 5.41) is 9.79. The van der Waals surface area contributed by atoms with Gasteiger partial charge in [-0.1, -0.05) is 30.3 Å². The van der Waals surface area contributed by atoms with Crippen molar-refractivity contribution in [1.82, 2.24) is 0 Å². The Hall–Kier alpha value is -4.31. The number of hydrogen-bond donors (Lipinski definition) is 1. The first-order chi connectivity index (χ1) is 16.5. The molecule has 1 aromatic heterocycles. The van der Waals surface area contributed by atoms with Crippen molar-refractivity contribution in [3.63, 3.8) is 0 Å². The number of allylic oxidation sites excluding steroid dienone is 3. The minimum absolute atomic E-state index is 0.000903. The lowest BCUT2D eigenvalue weighted by molar-refractivity contribution is -0.117. The summed E-state index contributed by atoms with van der Waals surface area (Å²) in [4.78, 5) is 13.2. The first-order valence-electron chi connectivity index (χ1n) is 10.9. The Morgan fingerprint density at radius 3 is 2.59 bits per heavy atom. The van der Waals surface area contributed by atoms with Gasteiger partial charge in [-0.25, -0.2) is 4.39 Å². The molecule has 7 heteroatoms. The number of carbonyl (C=O) groups excluding carboxylic acids is 1. The molecule has 2 N–H and O–H groups in total. The van der Waals surface area contributed by atoms with Crippen molar-refractivity contribution in [2.75, 3.05) is 0 Å². The quantitative estimate of drug-likeness (QED) is 0.566. The Balaban J connectivity index is 1.42. The number of nitrogens with zero attached hydrogens (tertiary/aromatic N) is 1. The van der Waals surface area contributed by atoms with Crippen LogP contribution in [0.15, 0.2) is 94.1 Å². The fourth-order valence-corrected chi connectivity index (χ4v) is 4.50. The van der Waals surface area contributed by atoms with E-state index in [9.17, 15) is 14.4 Å². The van der Waals surface area contributed by atoms with Crippen molar-refractivity contribution in [3.05, 3.63) is 112 Å². The van der Waals surface area contributed by atoms with E-state index in [-0.39, 0.29) is 42.0 Å². The van der Waals surface area contributed by atoms with Crippen LogP contribution in [0.2, 0.25) is 0 Å². The first kappa shape index (κ1) is 21.5. The van der Waals surface area contributed by atoms with Crippen molar-refractivity contribution < 1.29 is 23.1 Å². The molecule has 0 amide bonds. The summed E-state index contributed by atoms with van der Waals surface area (Å²) in [6.07, 6.45) is 2.29. The number of carbonyl (C=O) groups is 1. The van der Waals surface area contributed by atoms with Crippen LogP contribution in [0.5, 0.6) is 5.75 Å². The predicted octanol–water partition coefficient (Wildman–Crippen LogP) is 5.21. The lowest BCUT2D eigenvalue weighted by Crippen LogP contribution is -2.29. The lowest BCUT2D eigenvalue weighted by Gasteiger charge is -2.33. The van der Waals surface area contributed by atoms with Crippen molar-refractivity contribution in [2.45, 2.75) is 31.3 Å². The molecule has 0 bridgehead atoms. The molecule has 0 unspecified atom stereocenters. The molecule has 0 radical (unpaired) electrons. The smallest absolute Gasteiger partial charge is 0.205 e. The maximum atomic E-state index is 13.8. The molecule has 34 heavy (non-hydrogen) atoms. The zero-order chi connectivity index (χ0) is 23.7. The standard InChI is InChI=1S/C27H21FN2O4/c28-21-5-2-1-4-17(21)15-33-19-9-7-16(8-10-19)25-20(14-29)27(30)34-24-13-18(12-22(31)26(24)25)23-6-3-11-32-23/h1-11,18,25H,12-13,15,30H2/t18-,25+/m1/s1. The maximum Gasteiger partial charge on any atom is 0.205 e. The van der Waals surface area contributed by atoms with E-state index in [1.54, 1.807) is 54.8 Å². The Morgan fingerprint density at radius 2 is 1.88 bits per heavy atom. The molecular weight excluding hydrogens is 435 g/mol. The molecular formula is C27H21FN2O4. The third-order valence-corrected chi connectivity index (χ3v) is 6.17. The Morgan fingerprint density at radius 1 is 1.09 bits per heavy atom. The fourth-order valence-electron chi connectivity index (χ4n) is 4.50. The summed E-state index contributed by atoms with van der Waals surface area (Å²) in [5.74, 6) is 0.517. The van der Waals surface area contributed by atoms with Gasteiger partial charge in [0.25, 0.3) is 0 Å². The van der Waals surface area contributed by atoms with Crippen LogP contribution >= 0.6 is 0 Å². The molecule has 0 spiro atoms. The fraction of sp³-hybridized carbons (Fsp3) is 0.185. The van der Waals surface area contributed by atoms with E-state index in [0.717, 1.165) is 5.56 Å². The van der Waals surface area contributed by atoms with Gasteiger partial charge in [-0.3, -0.25) is 4.79 Å². The van der Waals surface area contributed by atoms with Crippen LogP contribution in [0, 0.1) is 17.1 Å². The van der Waals surface area contributed by atoms with E-state index in [4.69, 9.17) is 19.6 Å². The molecule has 0 fully saturated rings. The van der Waals surface area contributed by atoms with E-state index >= 15 is 0 Å². The number of hydrogen-bond acceptors (Lipinski definition) is 6. The monoisotopic (exact) mass is 456 g/mol. The second-order valence-electron chi connectivity index (χ2n) is 8.25. The molecule has 2 heterocycles. The molecule has 0 saturated carbocycles. The molecule has 2 aromatic carbocycles. The number of nitrogens with two attached hydrogens (primary N) is 1. The van der Waals surface area contributed by atoms with Crippen molar-refractivity contribution >= 4 is 5.78 Å².